The Morgan fingerprint density at radius 2 is 1.76 bits per heavy atom. The van der Waals surface area contributed by atoms with Crippen LogP contribution in [0.25, 0.3) is 0 Å². The van der Waals surface area contributed by atoms with Crippen LogP contribution in [0.15, 0.2) is 30.3 Å². The number of rotatable bonds is 7. The van der Waals surface area contributed by atoms with E-state index in [9.17, 15) is 4.79 Å². The zero-order valence-corrected chi connectivity index (χ0v) is 17.7. The van der Waals surface area contributed by atoms with E-state index >= 15 is 0 Å². The van der Waals surface area contributed by atoms with E-state index < -0.39 is 0 Å². The highest BCUT2D eigenvalue weighted by molar-refractivity contribution is 5.76. The molecule has 5 heteroatoms. The molecule has 3 aliphatic heterocycles. The summed E-state index contributed by atoms with van der Waals surface area (Å²) in [5.74, 6) is 0.971. The second-order valence-electron chi connectivity index (χ2n) is 9.14. The zero-order chi connectivity index (χ0) is 19.9. The highest BCUT2D eigenvalue weighted by Crippen LogP contribution is 2.26. The van der Waals surface area contributed by atoms with Gasteiger partial charge in [0.15, 0.2) is 0 Å². The van der Waals surface area contributed by atoms with Crippen LogP contribution in [0.4, 0.5) is 0 Å². The maximum absolute atomic E-state index is 12.5. The first-order chi connectivity index (χ1) is 14.3. The van der Waals surface area contributed by atoms with Crippen molar-refractivity contribution in [1.82, 2.24) is 15.1 Å². The largest absolute Gasteiger partial charge is 0.381 e. The fourth-order valence-corrected chi connectivity index (χ4v) is 5.23. The first kappa shape index (κ1) is 20.8. The molecule has 160 valence electrons. The van der Waals surface area contributed by atoms with Crippen molar-refractivity contribution in [3.8, 4) is 0 Å². The maximum Gasteiger partial charge on any atom is 0.220 e. The number of nitrogens with zero attached hydrogens (tertiary/aromatic N) is 2. The summed E-state index contributed by atoms with van der Waals surface area (Å²) >= 11 is 0. The third-order valence-electron chi connectivity index (χ3n) is 7.02. The minimum atomic E-state index is 0.253. The Hall–Kier alpha value is -1.43. The molecule has 1 atom stereocenters. The van der Waals surface area contributed by atoms with Crippen LogP contribution in [0.5, 0.6) is 0 Å². The van der Waals surface area contributed by atoms with Crippen molar-refractivity contribution in [3.05, 3.63) is 35.9 Å². The van der Waals surface area contributed by atoms with Gasteiger partial charge in [0, 0.05) is 51.4 Å². The van der Waals surface area contributed by atoms with E-state index in [1.165, 1.54) is 44.3 Å². The number of likely N-dealkylation sites (tertiary alicyclic amines) is 2. The minimum Gasteiger partial charge on any atom is -0.381 e. The van der Waals surface area contributed by atoms with Gasteiger partial charge in [0.05, 0.1) is 0 Å². The van der Waals surface area contributed by atoms with Crippen molar-refractivity contribution in [3.63, 3.8) is 0 Å². The van der Waals surface area contributed by atoms with Crippen LogP contribution in [-0.4, -0.2) is 67.2 Å². The lowest BCUT2D eigenvalue weighted by Gasteiger charge is -2.39. The Kier molecular flexibility index (Phi) is 7.58. The van der Waals surface area contributed by atoms with E-state index in [2.05, 4.69) is 45.4 Å². The summed E-state index contributed by atoms with van der Waals surface area (Å²) in [6, 6.07) is 11.7. The Balaban J connectivity index is 1.10. The monoisotopic (exact) mass is 399 g/mol. The molecule has 0 radical (unpaired) electrons. The number of hydrogen-bond donors (Lipinski definition) is 1. The molecule has 29 heavy (non-hydrogen) atoms. The summed E-state index contributed by atoms with van der Waals surface area (Å²) in [7, 11) is 0. The van der Waals surface area contributed by atoms with E-state index in [1.54, 1.807) is 0 Å². The van der Waals surface area contributed by atoms with Crippen molar-refractivity contribution in [2.24, 2.45) is 5.92 Å². The molecule has 0 aromatic heterocycles. The van der Waals surface area contributed by atoms with Gasteiger partial charge in [0.2, 0.25) is 5.91 Å². The molecule has 1 aromatic rings. The van der Waals surface area contributed by atoms with Gasteiger partial charge < -0.3 is 15.0 Å². The molecule has 3 saturated heterocycles. The Bertz CT molecular complexity index is 624. The SMILES string of the molecule is O=C(CCC1CCN(C2CCOCC2)CC1)NC1CCN(Cc2ccccc2)C1. The Labute approximate surface area is 175 Å². The first-order valence-electron chi connectivity index (χ1n) is 11.6. The number of nitrogens with one attached hydrogen (secondary N) is 1. The van der Waals surface area contributed by atoms with Crippen LogP contribution in [0.3, 0.4) is 0 Å². The fraction of sp³-hybridized carbons (Fsp3) is 0.708. The Morgan fingerprint density at radius 3 is 2.52 bits per heavy atom. The standard InChI is InChI=1S/C24H37N3O2/c28-24(25-22-10-13-26(19-22)18-21-4-2-1-3-5-21)7-6-20-8-14-27(15-9-20)23-11-16-29-17-12-23/h1-5,20,22-23H,6-19H2,(H,25,28). The predicted octanol–water partition coefficient (Wildman–Crippen LogP) is 3.05. The first-order valence-corrected chi connectivity index (χ1v) is 11.6. The molecule has 0 aliphatic carbocycles. The third kappa shape index (κ3) is 6.27. The van der Waals surface area contributed by atoms with Gasteiger partial charge in [-0.15, -0.1) is 0 Å². The van der Waals surface area contributed by atoms with Gasteiger partial charge in [-0.2, -0.15) is 0 Å². The van der Waals surface area contributed by atoms with Crippen LogP contribution < -0.4 is 5.32 Å². The lowest BCUT2D eigenvalue weighted by atomic mass is 9.90. The van der Waals surface area contributed by atoms with Crippen LogP contribution in [0, 0.1) is 5.92 Å². The minimum absolute atomic E-state index is 0.253. The molecular weight excluding hydrogens is 362 g/mol. The number of piperidine rings is 1. The van der Waals surface area contributed by atoms with E-state index in [4.69, 9.17) is 4.74 Å². The second kappa shape index (κ2) is 10.6. The summed E-state index contributed by atoms with van der Waals surface area (Å²) in [4.78, 5) is 17.6. The maximum atomic E-state index is 12.5. The smallest absolute Gasteiger partial charge is 0.220 e. The molecule has 3 aliphatic rings. The number of amides is 1. The quantitative estimate of drug-likeness (QED) is 0.765. The van der Waals surface area contributed by atoms with Crippen LogP contribution in [0.1, 0.15) is 50.5 Å². The normalized spacial score (nSPS) is 25.3. The molecular formula is C24H37N3O2. The van der Waals surface area contributed by atoms with Gasteiger partial charge in [-0.25, -0.2) is 0 Å². The molecule has 4 rings (SSSR count). The van der Waals surface area contributed by atoms with E-state index in [1.807, 2.05) is 0 Å². The average molecular weight is 400 g/mol. The molecule has 1 amide bonds. The highest BCUT2D eigenvalue weighted by Gasteiger charge is 2.27. The topological polar surface area (TPSA) is 44.8 Å². The van der Waals surface area contributed by atoms with Gasteiger partial charge in [-0.1, -0.05) is 30.3 Å². The van der Waals surface area contributed by atoms with Crippen molar-refractivity contribution >= 4 is 5.91 Å². The number of carbonyl (C=O) groups is 1. The second-order valence-corrected chi connectivity index (χ2v) is 9.14. The van der Waals surface area contributed by atoms with E-state index in [0.29, 0.717) is 12.5 Å². The van der Waals surface area contributed by atoms with Crippen molar-refractivity contribution in [2.45, 2.75) is 63.6 Å². The summed E-state index contributed by atoms with van der Waals surface area (Å²) < 4.78 is 5.49. The zero-order valence-electron chi connectivity index (χ0n) is 17.7. The lowest BCUT2D eigenvalue weighted by molar-refractivity contribution is -0.122. The summed E-state index contributed by atoms with van der Waals surface area (Å²) in [5, 5.41) is 3.29. The van der Waals surface area contributed by atoms with Crippen molar-refractivity contribution in [1.29, 1.82) is 0 Å². The molecule has 1 N–H and O–H groups in total. The van der Waals surface area contributed by atoms with Crippen molar-refractivity contribution in [2.75, 3.05) is 39.4 Å². The fourth-order valence-electron chi connectivity index (χ4n) is 5.23. The van der Waals surface area contributed by atoms with Gasteiger partial charge in [-0.05, 0) is 63.1 Å². The summed E-state index contributed by atoms with van der Waals surface area (Å²) in [6.45, 7) is 7.29. The molecule has 5 nitrogen and oxygen atoms in total. The van der Waals surface area contributed by atoms with E-state index in [-0.39, 0.29) is 5.91 Å². The van der Waals surface area contributed by atoms with Gasteiger partial charge in [-0.3, -0.25) is 9.69 Å². The third-order valence-corrected chi connectivity index (χ3v) is 7.02. The van der Waals surface area contributed by atoms with Crippen LogP contribution in [-0.2, 0) is 16.1 Å². The number of hydrogen-bond acceptors (Lipinski definition) is 4. The molecule has 1 unspecified atom stereocenters. The Morgan fingerprint density at radius 1 is 1.00 bits per heavy atom. The van der Waals surface area contributed by atoms with Crippen molar-refractivity contribution < 1.29 is 9.53 Å². The number of carbonyl (C=O) groups excluding carboxylic acids is 1. The lowest BCUT2D eigenvalue weighted by Crippen LogP contribution is -2.44. The average Bonchev–Trinajstić information content (AvgIpc) is 3.20. The molecule has 0 saturated carbocycles. The molecule has 3 heterocycles. The van der Waals surface area contributed by atoms with Gasteiger partial charge in [0.1, 0.15) is 0 Å². The highest BCUT2D eigenvalue weighted by atomic mass is 16.5. The van der Waals surface area contributed by atoms with E-state index in [0.717, 1.165) is 57.6 Å². The molecule has 0 spiro atoms. The van der Waals surface area contributed by atoms with Gasteiger partial charge in [0.25, 0.3) is 0 Å². The molecule has 1 aromatic carbocycles. The van der Waals surface area contributed by atoms with Crippen LogP contribution in [0.2, 0.25) is 0 Å². The molecule has 0 bridgehead atoms. The molecule has 3 fully saturated rings. The number of ether oxygens (including phenoxy) is 1. The number of benzene rings is 1. The van der Waals surface area contributed by atoms with Gasteiger partial charge >= 0.3 is 0 Å². The predicted molar refractivity (Wildman–Crippen MR) is 116 cm³/mol. The summed E-state index contributed by atoms with van der Waals surface area (Å²) in [6.07, 6.45) is 7.69. The summed E-state index contributed by atoms with van der Waals surface area (Å²) in [5.41, 5.74) is 1.35. The van der Waals surface area contributed by atoms with Crippen LogP contribution >= 0.6 is 0 Å².